The van der Waals surface area contributed by atoms with Crippen LogP contribution in [0, 0.1) is 0 Å². The lowest BCUT2D eigenvalue weighted by atomic mass is 9.86. The Morgan fingerprint density at radius 2 is 1.97 bits per heavy atom. The number of hydrogen-bond donors (Lipinski definition) is 3. The van der Waals surface area contributed by atoms with E-state index in [1.54, 1.807) is 0 Å². The minimum absolute atomic E-state index is 0.0391. The van der Waals surface area contributed by atoms with Gasteiger partial charge in [-0.05, 0) is 35.9 Å². The number of carbonyl (C=O) groups excluding carboxylic acids is 1. The van der Waals surface area contributed by atoms with Crippen LogP contribution >= 0.6 is 11.6 Å². The minimum atomic E-state index is -0.594. The maximum absolute atomic E-state index is 11.4. The lowest BCUT2D eigenvalue weighted by molar-refractivity contribution is -0.0107. The van der Waals surface area contributed by atoms with Crippen LogP contribution in [0.25, 0.3) is 0 Å². The van der Waals surface area contributed by atoms with Crippen LogP contribution in [0.4, 0.5) is 16.2 Å². The fourth-order valence-electron chi connectivity index (χ4n) is 5.26. The van der Waals surface area contributed by atoms with Crippen molar-refractivity contribution in [1.82, 2.24) is 4.90 Å². The van der Waals surface area contributed by atoms with Crippen LogP contribution < -0.4 is 20.7 Å². The van der Waals surface area contributed by atoms with Crippen molar-refractivity contribution in [3.63, 3.8) is 0 Å². The average molecular weight is 443 g/mol. The normalized spacial score (nSPS) is 24.8. The van der Waals surface area contributed by atoms with Crippen molar-refractivity contribution in [2.45, 2.75) is 37.0 Å². The lowest BCUT2D eigenvalue weighted by Crippen LogP contribution is -2.53. The molecular formula is C23H27ClN4O3. The highest BCUT2D eigenvalue weighted by molar-refractivity contribution is 6.30. The number of nitrogens with one attached hydrogen (secondary N) is 1. The maximum Gasteiger partial charge on any atom is 0.316 e. The Morgan fingerprint density at radius 3 is 2.74 bits per heavy atom. The second-order valence-corrected chi connectivity index (χ2v) is 9.23. The molecular weight excluding hydrogens is 416 g/mol. The zero-order valence-corrected chi connectivity index (χ0v) is 18.0. The highest BCUT2D eigenvalue weighted by Gasteiger charge is 2.45. The number of nitrogens with two attached hydrogens (primary N) is 1. The number of halogens is 1. The summed E-state index contributed by atoms with van der Waals surface area (Å²) in [5.41, 5.74) is 7.88. The largest absolute Gasteiger partial charge is 0.487 e. The molecule has 2 unspecified atom stereocenters. The third-order valence-electron chi connectivity index (χ3n) is 6.80. The van der Waals surface area contributed by atoms with Gasteiger partial charge in [-0.3, -0.25) is 4.90 Å². The van der Waals surface area contributed by atoms with Gasteiger partial charge in [-0.2, -0.15) is 0 Å². The minimum Gasteiger partial charge on any atom is -0.487 e. The number of hydrogen-bond acceptors (Lipinski definition) is 5. The van der Waals surface area contributed by atoms with Gasteiger partial charge in [0, 0.05) is 50.5 Å². The molecule has 0 bridgehead atoms. The molecule has 2 amide bonds. The van der Waals surface area contributed by atoms with Crippen LogP contribution in [0.2, 0.25) is 5.02 Å². The molecule has 2 aromatic carbocycles. The molecule has 0 saturated carbocycles. The van der Waals surface area contributed by atoms with Crippen LogP contribution in [0.1, 0.15) is 18.4 Å². The summed E-state index contributed by atoms with van der Waals surface area (Å²) in [6, 6.07) is 12.8. The van der Waals surface area contributed by atoms with E-state index in [1.165, 1.54) is 5.56 Å². The first kappa shape index (κ1) is 20.4. The molecule has 8 heteroatoms. The van der Waals surface area contributed by atoms with Crippen LogP contribution in [0.15, 0.2) is 42.5 Å². The van der Waals surface area contributed by atoms with Gasteiger partial charge in [0.15, 0.2) is 0 Å². The summed E-state index contributed by atoms with van der Waals surface area (Å²) < 4.78 is 6.36. The van der Waals surface area contributed by atoms with Gasteiger partial charge >= 0.3 is 6.03 Å². The molecule has 3 heterocycles. The Hall–Kier alpha value is -2.48. The number of amides is 2. The number of urea groups is 1. The van der Waals surface area contributed by atoms with Crippen molar-refractivity contribution in [1.29, 1.82) is 0 Å². The highest BCUT2D eigenvalue weighted by atomic mass is 35.5. The molecule has 31 heavy (non-hydrogen) atoms. The van der Waals surface area contributed by atoms with Crippen LogP contribution in [0.3, 0.4) is 0 Å². The number of anilines is 2. The van der Waals surface area contributed by atoms with Crippen molar-refractivity contribution >= 4 is 29.0 Å². The predicted octanol–water partition coefficient (Wildman–Crippen LogP) is 2.85. The zero-order chi connectivity index (χ0) is 21.6. The topological polar surface area (TPSA) is 91.1 Å². The van der Waals surface area contributed by atoms with E-state index in [0.29, 0.717) is 18.8 Å². The standard InChI is InChI=1S/C23H27ClN4O3/c24-16-5-6-21-15(11-16)12-23(31-21)7-9-27(10-8-23)19-13-28(14-20(19)29)18-4-2-1-3-17(18)26-22(25)30/h1-6,11,19-20,29H,7-10,12-14H2,(H3,25,26,30). The number of piperidine rings is 1. The van der Waals surface area contributed by atoms with E-state index in [-0.39, 0.29) is 11.6 Å². The molecule has 2 atom stereocenters. The number of aliphatic hydroxyl groups excluding tert-OH is 1. The summed E-state index contributed by atoms with van der Waals surface area (Å²) in [4.78, 5) is 15.8. The van der Waals surface area contributed by atoms with Crippen molar-refractivity contribution in [2.24, 2.45) is 5.73 Å². The second kappa shape index (κ2) is 7.89. The second-order valence-electron chi connectivity index (χ2n) is 8.80. The molecule has 5 rings (SSSR count). The third kappa shape index (κ3) is 3.93. The quantitative estimate of drug-likeness (QED) is 0.680. The number of nitrogens with zero attached hydrogens (tertiary/aromatic N) is 2. The van der Waals surface area contributed by atoms with Crippen molar-refractivity contribution in [3.8, 4) is 5.75 Å². The van der Waals surface area contributed by atoms with Crippen LogP contribution in [0.5, 0.6) is 5.75 Å². The van der Waals surface area contributed by atoms with E-state index in [2.05, 4.69) is 15.1 Å². The number of likely N-dealkylation sites (tertiary alicyclic amines) is 1. The van der Waals surface area contributed by atoms with Gasteiger partial charge < -0.3 is 25.8 Å². The molecule has 2 aromatic rings. The van der Waals surface area contributed by atoms with Gasteiger partial charge in [0.2, 0.25) is 0 Å². The molecule has 164 valence electrons. The van der Waals surface area contributed by atoms with Crippen molar-refractivity contribution in [3.05, 3.63) is 53.1 Å². The fourth-order valence-corrected chi connectivity index (χ4v) is 5.45. The first-order valence-corrected chi connectivity index (χ1v) is 11.1. The molecule has 2 fully saturated rings. The number of para-hydroxylation sites is 2. The Morgan fingerprint density at radius 1 is 1.19 bits per heavy atom. The van der Waals surface area contributed by atoms with Crippen LogP contribution in [-0.4, -0.2) is 60.0 Å². The monoisotopic (exact) mass is 442 g/mol. The third-order valence-corrected chi connectivity index (χ3v) is 7.04. The number of ether oxygens (including phenoxy) is 1. The van der Waals surface area contributed by atoms with Gasteiger partial charge in [0.25, 0.3) is 0 Å². The smallest absolute Gasteiger partial charge is 0.316 e. The van der Waals surface area contributed by atoms with E-state index >= 15 is 0 Å². The molecule has 7 nitrogen and oxygen atoms in total. The summed E-state index contributed by atoms with van der Waals surface area (Å²) in [6.45, 7) is 2.96. The summed E-state index contributed by atoms with van der Waals surface area (Å²) in [6.07, 6.45) is 2.27. The van der Waals surface area contributed by atoms with E-state index < -0.39 is 12.1 Å². The number of β-amino-alcohol motifs (C(OH)–C–C–N with tert-alkyl or cyclic N) is 1. The van der Waals surface area contributed by atoms with E-state index in [9.17, 15) is 9.90 Å². The van der Waals surface area contributed by atoms with Gasteiger partial charge in [0.05, 0.1) is 23.5 Å². The molecule has 0 radical (unpaired) electrons. The molecule has 1 spiro atoms. The Bertz CT molecular complexity index is 993. The number of carbonyl (C=O) groups is 1. The first-order valence-electron chi connectivity index (χ1n) is 10.7. The van der Waals surface area contributed by atoms with E-state index in [4.69, 9.17) is 22.1 Å². The van der Waals surface area contributed by atoms with Crippen molar-refractivity contribution < 1.29 is 14.6 Å². The molecule has 0 aliphatic carbocycles. The number of benzene rings is 2. The van der Waals surface area contributed by atoms with Crippen LogP contribution in [-0.2, 0) is 6.42 Å². The lowest BCUT2D eigenvalue weighted by Gasteiger charge is -2.41. The number of rotatable bonds is 3. The summed E-state index contributed by atoms with van der Waals surface area (Å²) in [7, 11) is 0. The summed E-state index contributed by atoms with van der Waals surface area (Å²) >= 11 is 6.15. The summed E-state index contributed by atoms with van der Waals surface area (Å²) in [5, 5.41) is 14.3. The first-order chi connectivity index (χ1) is 14.9. The predicted molar refractivity (Wildman–Crippen MR) is 121 cm³/mol. The zero-order valence-electron chi connectivity index (χ0n) is 17.3. The fraction of sp³-hybridized carbons (Fsp3) is 0.435. The molecule has 2 saturated heterocycles. The number of fused-ring (bicyclic) bond motifs is 1. The molecule has 3 aliphatic rings. The van der Waals surface area contributed by atoms with Gasteiger partial charge in [-0.1, -0.05) is 23.7 Å². The van der Waals surface area contributed by atoms with Gasteiger partial charge in [-0.25, -0.2) is 4.79 Å². The molecule has 0 aromatic heterocycles. The van der Waals surface area contributed by atoms with Gasteiger partial charge in [0.1, 0.15) is 11.4 Å². The summed E-state index contributed by atoms with van der Waals surface area (Å²) in [5.74, 6) is 0.948. The number of aliphatic hydroxyl groups is 1. The molecule has 3 aliphatic heterocycles. The maximum atomic E-state index is 11.4. The average Bonchev–Trinajstić information content (AvgIpc) is 3.28. The van der Waals surface area contributed by atoms with E-state index in [0.717, 1.165) is 48.8 Å². The van der Waals surface area contributed by atoms with E-state index in [1.807, 2.05) is 42.5 Å². The van der Waals surface area contributed by atoms with Crippen molar-refractivity contribution in [2.75, 3.05) is 36.4 Å². The number of primary amides is 1. The molecule has 4 N–H and O–H groups in total. The highest BCUT2D eigenvalue weighted by Crippen LogP contribution is 2.42. The Labute approximate surface area is 186 Å². The van der Waals surface area contributed by atoms with Gasteiger partial charge in [-0.15, -0.1) is 0 Å². The Kier molecular flexibility index (Phi) is 5.20. The SMILES string of the molecule is NC(=O)Nc1ccccc1N1CC(O)C(N2CCC3(CC2)Cc2cc(Cl)ccc2O3)C1. The Balaban J connectivity index is 1.25.